The number of anilines is 1. The van der Waals surface area contributed by atoms with Gasteiger partial charge in [0.15, 0.2) is 0 Å². The second-order valence-corrected chi connectivity index (χ2v) is 5.80. The van der Waals surface area contributed by atoms with E-state index in [9.17, 15) is 9.59 Å². The Bertz CT molecular complexity index is 566. The predicted octanol–water partition coefficient (Wildman–Crippen LogP) is 3.51. The van der Waals surface area contributed by atoms with Gasteiger partial charge in [-0.25, -0.2) is 0 Å². The van der Waals surface area contributed by atoms with Crippen molar-refractivity contribution < 1.29 is 9.59 Å². The summed E-state index contributed by atoms with van der Waals surface area (Å²) in [6.45, 7) is 3.99. The van der Waals surface area contributed by atoms with Crippen LogP contribution in [0, 0.1) is 5.92 Å². The fourth-order valence-corrected chi connectivity index (χ4v) is 2.46. The molecule has 1 aliphatic carbocycles. The van der Waals surface area contributed by atoms with Crippen molar-refractivity contribution in [1.82, 2.24) is 5.32 Å². The van der Waals surface area contributed by atoms with E-state index in [1.54, 1.807) is 12.1 Å². The number of amides is 2. The highest BCUT2D eigenvalue weighted by Gasteiger charge is 2.21. The summed E-state index contributed by atoms with van der Waals surface area (Å²) in [6, 6.07) is 7.27. The number of rotatable bonds is 5. The summed E-state index contributed by atoms with van der Waals surface area (Å²) in [7, 11) is 0. The summed E-state index contributed by atoms with van der Waals surface area (Å²) in [5, 5.41) is 5.86. The van der Waals surface area contributed by atoms with E-state index in [1.165, 1.54) is 0 Å². The number of hydrogen-bond donors (Lipinski definition) is 2. The predicted molar refractivity (Wildman–Crippen MR) is 88.8 cm³/mol. The van der Waals surface area contributed by atoms with Gasteiger partial charge in [0.25, 0.3) is 5.91 Å². The Morgan fingerprint density at radius 3 is 2.73 bits per heavy atom. The van der Waals surface area contributed by atoms with E-state index in [-0.39, 0.29) is 23.8 Å². The van der Waals surface area contributed by atoms with Crippen LogP contribution in [0.3, 0.4) is 0 Å². The standard InChI is InChI=1S/C18H24N2O2/c1-3-13(2)19-18(22)15-11-7-8-12-16(15)20-17(21)14-9-5-4-6-10-14/h4-5,7-8,11-14H,3,6,9-10H2,1-2H3,(H,19,22)(H,20,21). The third kappa shape index (κ3) is 4.20. The molecule has 1 aliphatic rings. The normalized spacial score (nSPS) is 18.5. The molecule has 0 fully saturated rings. The molecule has 2 rings (SSSR count). The first-order valence-corrected chi connectivity index (χ1v) is 7.97. The molecule has 2 unspecified atom stereocenters. The molecule has 0 saturated carbocycles. The monoisotopic (exact) mass is 300 g/mol. The zero-order chi connectivity index (χ0) is 15.9. The van der Waals surface area contributed by atoms with E-state index in [2.05, 4.69) is 22.8 Å². The first-order chi connectivity index (χ1) is 10.6. The van der Waals surface area contributed by atoms with Gasteiger partial charge in [0.2, 0.25) is 5.91 Å². The van der Waals surface area contributed by atoms with E-state index in [4.69, 9.17) is 0 Å². The molecule has 4 nitrogen and oxygen atoms in total. The molecule has 2 atom stereocenters. The first-order valence-electron chi connectivity index (χ1n) is 7.97. The number of carbonyl (C=O) groups is 2. The minimum Gasteiger partial charge on any atom is -0.350 e. The molecular formula is C18H24N2O2. The van der Waals surface area contributed by atoms with Gasteiger partial charge in [-0.3, -0.25) is 9.59 Å². The van der Waals surface area contributed by atoms with Crippen LogP contribution < -0.4 is 10.6 Å². The maximum Gasteiger partial charge on any atom is 0.253 e. The lowest BCUT2D eigenvalue weighted by atomic mass is 9.93. The lowest BCUT2D eigenvalue weighted by Gasteiger charge is -2.19. The van der Waals surface area contributed by atoms with Crippen molar-refractivity contribution in [1.29, 1.82) is 0 Å². The van der Waals surface area contributed by atoms with Crippen LogP contribution in [0.25, 0.3) is 0 Å². The number of benzene rings is 1. The van der Waals surface area contributed by atoms with Gasteiger partial charge in [0, 0.05) is 12.0 Å². The zero-order valence-electron chi connectivity index (χ0n) is 13.3. The maximum absolute atomic E-state index is 12.3. The molecule has 0 bridgehead atoms. The van der Waals surface area contributed by atoms with Gasteiger partial charge in [-0.2, -0.15) is 0 Å². The summed E-state index contributed by atoms with van der Waals surface area (Å²) in [4.78, 5) is 24.7. The van der Waals surface area contributed by atoms with Crippen LogP contribution in [0.5, 0.6) is 0 Å². The molecule has 118 valence electrons. The molecule has 0 aromatic heterocycles. The third-order valence-corrected chi connectivity index (χ3v) is 4.06. The second kappa shape index (κ2) is 7.78. The van der Waals surface area contributed by atoms with Crippen LogP contribution in [0.4, 0.5) is 5.69 Å². The van der Waals surface area contributed by atoms with Gasteiger partial charge in [-0.1, -0.05) is 31.2 Å². The van der Waals surface area contributed by atoms with Crippen molar-refractivity contribution >= 4 is 17.5 Å². The minimum atomic E-state index is -0.145. The number of carbonyl (C=O) groups excluding carboxylic acids is 2. The van der Waals surface area contributed by atoms with E-state index < -0.39 is 0 Å². The lowest BCUT2D eigenvalue weighted by molar-refractivity contribution is -0.120. The van der Waals surface area contributed by atoms with Crippen LogP contribution in [-0.4, -0.2) is 17.9 Å². The highest BCUT2D eigenvalue weighted by atomic mass is 16.2. The molecule has 2 amide bonds. The quantitative estimate of drug-likeness (QED) is 0.818. The fraction of sp³-hybridized carbons (Fsp3) is 0.444. The molecule has 22 heavy (non-hydrogen) atoms. The van der Waals surface area contributed by atoms with Gasteiger partial charge >= 0.3 is 0 Å². The Balaban J connectivity index is 2.09. The van der Waals surface area contributed by atoms with Crippen LogP contribution >= 0.6 is 0 Å². The van der Waals surface area contributed by atoms with Gasteiger partial charge in [-0.15, -0.1) is 0 Å². The molecule has 1 aromatic rings. The third-order valence-electron chi connectivity index (χ3n) is 4.06. The van der Waals surface area contributed by atoms with E-state index in [0.29, 0.717) is 11.3 Å². The molecule has 2 N–H and O–H groups in total. The van der Waals surface area contributed by atoms with Gasteiger partial charge in [0.1, 0.15) is 0 Å². The Morgan fingerprint density at radius 1 is 1.27 bits per heavy atom. The largest absolute Gasteiger partial charge is 0.350 e. The molecule has 0 aliphatic heterocycles. The van der Waals surface area contributed by atoms with Crippen molar-refractivity contribution in [2.24, 2.45) is 5.92 Å². The highest BCUT2D eigenvalue weighted by Crippen LogP contribution is 2.22. The van der Waals surface area contributed by atoms with E-state index in [1.807, 2.05) is 26.0 Å². The minimum absolute atomic E-state index is 0.00400. The SMILES string of the molecule is CCC(C)NC(=O)c1ccccc1NC(=O)C1CC=CCC1. The summed E-state index contributed by atoms with van der Waals surface area (Å²) >= 11 is 0. The first kappa shape index (κ1) is 16.3. The van der Waals surface area contributed by atoms with Gasteiger partial charge < -0.3 is 10.6 Å². The average molecular weight is 300 g/mol. The van der Waals surface area contributed by atoms with Crippen molar-refractivity contribution in [3.05, 3.63) is 42.0 Å². The summed E-state index contributed by atoms with van der Waals surface area (Å²) in [5.41, 5.74) is 1.10. The van der Waals surface area contributed by atoms with Crippen molar-refractivity contribution in [2.45, 2.75) is 45.6 Å². The molecule has 1 aromatic carbocycles. The summed E-state index contributed by atoms with van der Waals surface area (Å²) < 4.78 is 0. The van der Waals surface area contributed by atoms with Gasteiger partial charge in [-0.05, 0) is 44.7 Å². The zero-order valence-corrected chi connectivity index (χ0v) is 13.3. The Hall–Kier alpha value is -2.10. The molecule has 0 saturated heterocycles. The van der Waals surface area contributed by atoms with Crippen LogP contribution in [0.2, 0.25) is 0 Å². The number of nitrogens with one attached hydrogen (secondary N) is 2. The molecular weight excluding hydrogens is 276 g/mol. The number of allylic oxidation sites excluding steroid dienone is 2. The smallest absolute Gasteiger partial charge is 0.253 e. The Kier molecular flexibility index (Phi) is 5.75. The Morgan fingerprint density at radius 2 is 2.05 bits per heavy atom. The van der Waals surface area contributed by atoms with Crippen molar-refractivity contribution in [3.8, 4) is 0 Å². The van der Waals surface area contributed by atoms with Crippen molar-refractivity contribution in [3.63, 3.8) is 0 Å². The second-order valence-electron chi connectivity index (χ2n) is 5.80. The molecule has 4 heteroatoms. The van der Waals surface area contributed by atoms with Gasteiger partial charge in [0.05, 0.1) is 11.3 Å². The fourth-order valence-electron chi connectivity index (χ4n) is 2.46. The maximum atomic E-state index is 12.3. The van der Waals surface area contributed by atoms with E-state index in [0.717, 1.165) is 25.7 Å². The highest BCUT2D eigenvalue weighted by molar-refractivity contribution is 6.04. The number of hydrogen-bond acceptors (Lipinski definition) is 2. The molecule has 0 radical (unpaired) electrons. The van der Waals surface area contributed by atoms with Crippen molar-refractivity contribution in [2.75, 3.05) is 5.32 Å². The topological polar surface area (TPSA) is 58.2 Å². The average Bonchev–Trinajstić information content (AvgIpc) is 2.55. The summed E-state index contributed by atoms with van der Waals surface area (Å²) in [5.74, 6) is -0.155. The Labute approximate surface area is 132 Å². The van der Waals surface area contributed by atoms with Crippen LogP contribution in [-0.2, 0) is 4.79 Å². The molecule has 0 spiro atoms. The van der Waals surface area contributed by atoms with Crippen LogP contribution in [0.15, 0.2) is 36.4 Å². The number of para-hydroxylation sites is 1. The summed E-state index contributed by atoms with van der Waals surface area (Å²) in [6.07, 6.45) is 7.60. The molecule has 0 heterocycles. The lowest BCUT2D eigenvalue weighted by Crippen LogP contribution is -2.33. The van der Waals surface area contributed by atoms with E-state index >= 15 is 0 Å². The van der Waals surface area contributed by atoms with Crippen LogP contribution in [0.1, 0.15) is 49.9 Å².